The third kappa shape index (κ3) is 3.10. The third-order valence-electron chi connectivity index (χ3n) is 4.66. The van der Waals surface area contributed by atoms with Crippen molar-refractivity contribution in [3.05, 3.63) is 46.6 Å². The van der Waals surface area contributed by atoms with E-state index in [1.165, 1.54) is 44.0 Å². The van der Waals surface area contributed by atoms with Crippen LogP contribution in [0.4, 0.5) is 4.39 Å². The largest absolute Gasteiger partial charge is 0.383 e. The lowest BCUT2D eigenvalue weighted by atomic mass is 10.1. The summed E-state index contributed by atoms with van der Waals surface area (Å²) in [5.41, 5.74) is -0.294. The molecule has 1 aromatic carbocycles. The number of aliphatic hydroxyl groups is 1. The number of imidazole rings is 1. The minimum Gasteiger partial charge on any atom is -0.383 e. The van der Waals surface area contributed by atoms with Crippen molar-refractivity contribution in [2.75, 3.05) is 13.7 Å². The lowest BCUT2D eigenvalue weighted by Crippen LogP contribution is -2.28. The Kier molecular flexibility index (Phi) is 4.47. The van der Waals surface area contributed by atoms with Crippen molar-refractivity contribution in [2.24, 2.45) is 0 Å². The fourth-order valence-electron chi connectivity index (χ4n) is 3.34. The van der Waals surface area contributed by atoms with Gasteiger partial charge in [-0.05, 0) is 39.0 Å². The van der Waals surface area contributed by atoms with Crippen LogP contribution in [0.5, 0.6) is 0 Å². The fraction of sp³-hybridized carbons (Fsp3) is 0.368. The second-order valence-corrected chi connectivity index (χ2v) is 7.41. The molecule has 0 aliphatic heterocycles. The number of benzene rings is 1. The number of nitrogens with zero attached hydrogens (tertiary/aromatic N) is 5. The molecule has 152 valence electrons. The molecule has 3 heterocycles. The fourth-order valence-corrected chi connectivity index (χ4v) is 3.34. The second kappa shape index (κ2) is 6.75. The van der Waals surface area contributed by atoms with Crippen LogP contribution in [0.1, 0.15) is 32.7 Å². The molecule has 4 rings (SSSR count). The third-order valence-corrected chi connectivity index (χ3v) is 4.66. The number of methoxy groups -OCH3 is 1. The van der Waals surface area contributed by atoms with Crippen LogP contribution in [0.25, 0.3) is 28.1 Å². The lowest BCUT2D eigenvalue weighted by Gasteiger charge is -2.18. The molecule has 0 aliphatic rings. The molecule has 1 unspecified atom stereocenters. The maximum absolute atomic E-state index is 14.0. The summed E-state index contributed by atoms with van der Waals surface area (Å²) in [6.45, 7) is 5.09. The van der Waals surface area contributed by atoms with Crippen LogP contribution in [0, 0.1) is 5.82 Å². The number of rotatable bonds is 5. The normalized spacial score (nSPS) is 13.4. The Hall–Kier alpha value is -3.11. The quantitative estimate of drug-likeness (QED) is 0.546. The summed E-state index contributed by atoms with van der Waals surface area (Å²) in [5.74, 6) is -0.373. The van der Waals surface area contributed by atoms with Crippen molar-refractivity contribution in [3.8, 4) is 11.5 Å². The number of fused-ring (bicyclic) bond motifs is 3. The zero-order valence-electron chi connectivity index (χ0n) is 16.4. The van der Waals surface area contributed by atoms with Gasteiger partial charge in [0.05, 0.1) is 23.7 Å². The molecule has 3 aromatic heterocycles. The first-order valence-corrected chi connectivity index (χ1v) is 8.99. The molecule has 0 saturated carbocycles. The first-order valence-electron chi connectivity index (χ1n) is 8.99. The van der Waals surface area contributed by atoms with Crippen LogP contribution in [0.3, 0.4) is 0 Å². The molecule has 0 spiro atoms. The predicted octanol–water partition coefficient (Wildman–Crippen LogP) is 2.27. The van der Waals surface area contributed by atoms with Gasteiger partial charge in [-0.2, -0.15) is 4.98 Å². The van der Waals surface area contributed by atoms with Gasteiger partial charge in [0.15, 0.2) is 0 Å². The first-order chi connectivity index (χ1) is 13.7. The molecule has 9 nitrogen and oxygen atoms in total. The molecule has 1 atom stereocenters. The molecule has 0 fully saturated rings. The van der Waals surface area contributed by atoms with E-state index < -0.39 is 17.0 Å². The average molecular weight is 401 g/mol. The highest BCUT2D eigenvalue weighted by atomic mass is 19.1. The highest BCUT2D eigenvalue weighted by molar-refractivity contribution is 5.83. The van der Waals surface area contributed by atoms with Crippen molar-refractivity contribution < 1.29 is 18.8 Å². The Morgan fingerprint density at radius 3 is 2.76 bits per heavy atom. The number of hydrogen-bond acceptors (Lipinski definition) is 7. The summed E-state index contributed by atoms with van der Waals surface area (Å²) in [6.07, 6.45) is 1.46. The van der Waals surface area contributed by atoms with Crippen molar-refractivity contribution in [1.82, 2.24) is 24.1 Å². The van der Waals surface area contributed by atoms with Crippen molar-refractivity contribution in [3.63, 3.8) is 0 Å². The molecule has 0 radical (unpaired) electrons. The van der Waals surface area contributed by atoms with Gasteiger partial charge < -0.3 is 14.4 Å². The minimum absolute atomic E-state index is 0.00425. The average Bonchev–Trinajstić information content (AvgIpc) is 3.29. The molecular formula is C19H20FN5O4. The van der Waals surface area contributed by atoms with E-state index in [9.17, 15) is 14.3 Å². The van der Waals surface area contributed by atoms with Crippen LogP contribution >= 0.6 is 0 Å². The monoisotopic (exact) mass is 401 g/mol. The zero-order valence-corrected chi connectivity index (χ0v) is 16.4. The Labute approximate surface area is 164 Å². The van der Waals surface area contributed by atoms with Gasteiger partial charge in [-0.15, -0.1) is 0 Å². The Balaban J connectivity index is 2.05. The van der Waals surface area contributed by atoms with E-state index in [0.29, 0.717) is 11.0 Å². The summed E-state index contributed by atoms with van der Waals surface area (Å²) in [5, 5.41) is 13.9. The maximum Gasteiger partial charge on any atom is 0.278 e. The van der Waals surface area contributed by atoms with Crippen molar-refractivity contribution in [2.45, 2.75) is 32.4 Å². The zero-order chi connectivity index (χ0) is 20.9. The van der Waals surface area contributed by atoms with Crippen molar-refractivity contribution >= 4 is 16.6 Å². The Bertz CT molecular complexity index is 1270. The summed E-state index contributed by atoms with van der Waals surface area (Å²) >= 11 is 0. The van der Waals surface area contributed by atoms with Crippen LogP contribution in [0.15, 0.2) is 33.8 Å². The second-order valence-electron chi connectivity index (χ2n) is 7.41. The maximum atomic E-state index is 14.0. The van der Waals surface area contributed by atoms with Crippen molar-refractivity contribution in [1.29, 1.82) is 0 Å². The molecule has 1 N–H and O–H groups in total. The van der Waals surface area contributed by atoms with Gasteiger partial charge in [0.25, 0.3) is 11.4 Å². The Morgan fingerprint density at radius 1 is 1.34 bits per heavy atom. The summed E-state index contributed by atoms with van der Waals surface area (Å²) in [6, 6.07) is 3.85. The number of hydrogen-bond donors (Lipinski definition) is 1. The highest BCUT2D eigenvalue weighted by Crippen LogP contribution is 2.26. The van der Waals surface area contributed by atoms with E-state index in [-0.39, 0.29) is 35.6 Å². The molecule has 29 heavy (non-hydrogen) atoms. The van der Waals surface area contributed by atoms with E-state index in [1.807, 2.05) is 6.92 Å². The summed E-state index contributed by atoms with van der Waals surface area (Å²) < 4.78 is 27.3. The molecule has 10 heteroatoms. The molecule has 0 aliphatic carbocycles. The van der Waals surface area contributed by atoms with Gasteiger partial charge in [0, 0.05) is 7.11 Å². The standard InChI is InChI=1S/C19H20FN5O4/c1-10(8-28-4)25-13-7-11(20)5-6-12(13)24-9-21-14(15(24)17(25)26)16-22-18(29-23-16)19(2,3)27/h5-7,9-10,27H,8H2,1-4H3. The number of aromatic nitrogens is 5. The van der Waals surface area contributed by atoms with Gasteiger partial charge in [0.2, 0.25) is 5.82 Å². The molecule has 0 saturated heterocycles. The minimum atomic E-state index is -1.34. The number of halogens is 1. The first kappa shape index (κ1) is 19.2. The van der Waals surface area contributed by atoms with E-state index in [2.05, 4.69) is 15.1 Å². The molecule has 0 amide bonds. The summed E-state index contributed by atoms with van der Waals surface area (Å²) in [7, 11) is 1.53. The lowest BCUT2D eigenvalue weighted by molar-refractivity contribution is 0.0420. The predicted molar refractivity (Wildman–Crippen MR) is 102 cm³/mol. The van der Waals surface area contributed by atoms with Gasteiger partial charge in [-0.3, -0.25) is 13.8 Å². The van der Waals surface area contributed by atoms with Crippen LogP contribution in [-0.2, 0) is 10.3 Å². The smallest absolute Gasteiger partial charge is 0.278 e. The van der Waals surface area contributed by atoms with E-state index >= 15 is 0 Å². The summed E-state index contributed by atoms with van der Waals surface area (Å²) in [4.78, 5) is 21.9. The van der Waals surface area contributed by atoms with E-state index in [0.717, 1.165) is 0 Å². The number of ether oxygens (including phenoxy) is 1. The Morgan fingerprint density at radius 2 is 2.10 bits per heavy atom. The molecular weight excluding hydrogens is 381 g/mol. The SMILES string of the molecule is COCC(C)n1c(=O)c2c(-c3noc(C(C)(C)O)n3)ncn2c2ccc(F)cc21. The van der Waals surface area contributed by atoms with E-state index in [4.69, 9.17) is 9.26 Å². The van der Waals surface area contributed by atoms with Crippen LogP contribution in [-0.4, -0.2) is 42.9 Å². The van der Waals surface area contributed by atoms with Gasteiger partial charge in [-0.1, -0.05) is 5.16 Å². The molecule has 4 aromatic rings. The van der Waals surface area contributed by atoms with Gasteiger partial charge >= 0.3 is 0 Å². The highest BCUT2D eigenvalue weighted by Gasteiger charge is 2.27. The molecule has 0 bridgehead atoms. The van der Waals surface area contributed by atoms with E-state index in [1.54, 1.807) is 10.5 Å². The van der Waals surface area contributed by atoms with Crippen LogP contribution in [0.2, 0.25) is 0 Å². The topological polar surface area (TPSA) is 108 Å². The van der Waals surface area contributed by atoms with Gasteiger partial charge in [-0.25, -0.2) is 9.37 Å². The van der Waals surface area contributed by atoms with Crippen LogP contribution < -0.4 is 5.56 Å². The van der Waals surface area contributed by atoms with Gasteiger partial charge in [0.1, 0.15) is 29.0 Å².